The van der Waals surface area contributed by atoms with E-state index < -0.39 is 0 Å². The average molecular weight is 215 g/mol. The number of aromatic amines is 1. The van der Waals surface area contributed by atoms with Crippen LogP contribution in [0.2, 0.25) is 0 Å². The molecule has 0 atom stereocenters. The smallest absolute Gasteiger partial charge is 0.254 e. The van der Waals surface area contributed by atoms with Crippen LogP contribution in [0.4, 0.5) is 0 Å². The van der Waals surface area contributed by atoms with E-state index in [2.05, 4.69) is 15.0 Å². The second-order valence-corrected chi connectivity index (χ2v) is 3.81. The van der Waals surface area contributed by atoms with Crippen molar-refractivity contribution in [1.29, 1.82) is 0 Å². The molecule has 0 unspecified atom stereocenters. The van der Waals surface area contributed by atoms with Crippen LogP contribution in [0.25, 0.3) is 11.4 Å². The lowest BCUT2D eigenvalue weighted by Crippen LogP contribution is -2.14. The lowest BCUT2D eigenvalue weighted by atomic mass is 10.2. The second-order valence-electron chi connectivity index (χ2n) is 3.81. The van der Waals surface area contributed by atoms with Gasteiger partial charge in [0.25, 0.3) is 5.56 Å². The normalized spacial score (nSPS) is 10.4. The van der Waals surface area contributed by atoms with Gasteiger partial charge in [0.15, 0.2) is 0 Å². The minimum absolute atomic E-state index is 0.0944. The molecule has 2 heterocycles. The fraction of sp³-hybridized carbons (Fsp3) is 0.250. The average Bonchev–Trinajstić information content (AvgIpc) is 2.26. The maximum Gasteiger partial charge on any atom is 0.254 e. The van der Waals surface area contributed by atoms with Gasteiger partial charge in [-0.15, -0.1) is 0 Å². The Balaban J connectivity index is 2.57. The molecular formula is C12H13N3O. The van der Waals surface area contributed by atoms with E-state index in [1.807, 2.05) is 26.0 Å². The summed E-state index contributed by atoms with van der Waals surface area (Å²) in [5, 5.41) is 0. The molecule has 2 rings (SSSR count). The predicted octanol–water partition coefficient (Wildman–Crippen LogP) is 1.76. The molecule has 82 valence electrons. The number of hydrogen-bond donors (Lipinski definition) is 1. The summed E-state index contributed by atoms with van der Waals surface area (Å²) in [6.45, 7) is 5.51. The molecule has 0 bridgehead atoms. The number of pyridine rings is 1. The fourth-order valence-electron chi connectivity index (χ4n) is 1.39. The van der Waals surface area contributed by atoms with Gasteiger partial charge in [0, 0.05) is 28.7 Å². The highest BCUT2D eigenvalue weighted by molar-refractivity contribution is 5.53. The molecule has 0 saturated heterocycles. The third-order valence-corrected chi connectivity index (χ3v) is 2.58. The Morgan fingerprint density at radius 1 is 1.19 bits per heavy atom. The number of hydrogen-bond acceptors (Lipinski definition) is 3. The molecule has 2 aromatic rings. The number of H-pyrrole nitrogens is 1. The van der Waals surface area contributed by atoms with Crippen LogP contribution in [0.3, 0.4) is 0 Å². The zero-order chi connectivity index (χ0) is 11.7. The number of nitrogens with one attached hydrogen (secondary N) is 1. The van der Waals surface area contributed by atoms with Gasteiger partial charge in [0.1, 0.15) is 5.82 Å². The molecule has 0 aliphatic carbocycles. The number of aryl methyl sites for hydroxylation is 2. The SMILES string of the molecule is Cc1ccc(-c2nc(C)c(C)c(=O)[nH]2)cn1. The van der Waals surface area contributed by atoms with E-state index >= 15 is 0 Å². The third-order valence-electron chi connectivity index (χ3n) is 2.58. The van der Waals surface area contributed by atoms with Gasteiger partial charge in [-0.3, -0.25) is 9.78 Å². The van der Waals surface area contributed by atoms with Gasteiger partial charge >= 0.3 is 0 Å². The first-order valence-electron chi connectivity index (χ1n) is 5.08. The molecule has 2 aromatic heterocycles. The zero-order valence-corrected chi connectivity index (χ0v) is 9.53. The predicted molar refractivity (Wildman–Crippen MR) is 62.3 cm³/mol. The van der Waals surface area contributed by atoms with E-state index in [4.69, 9.17) is 0 Å². The molecular weight excluding hydrogens is 202 g/mol. The van der Waals surface area contributed by atoms with Gasteiger partial charge in [0.05, 0.1) is 0 Å². The molecule has 0 amide bonds. The van der Waals surface area contributed by atoms with E-state index in [-0.39, 0.29) is 5.56 Å². The highest BCUT2D eigenvalue weighted by Gasteiger charge is 2.05. The molecule has 1 N–H and O–H groups in total. The van der Waals surface area contributed by atoms with Crippen molar-refractivity contribution in [3.05, 3.63) is 45.6 Å². The summed E-state index contributed by atoms with van der Waals surface area (Å²) in [6, 6.07) is 3.79. The van der Waals surface area contributed by atoms with E-state index in [1.54, 1.807) is 13.1 Å². The van der Waals surface area contributed by atoms with Crippen LogP contribution in [-0.4, -0.2) is 15.0 Å². The van der Waals surface area contributed by atoms with E-state index in [0.717, 1.165) is 17.0 Å². The van der Waals surface area contributed by atoms with Crippen molar-refractivity contribution in [1.82, 2.24) is 15.0 Å². The Morgan fingerprint density at radius 3 is 2.50 bits per heavy atom. The Hall–Kier alpha value is -1.97. The zero-order valence-electron chi connectivity index (χ0n) is 9.53. The van der Waals surface area contributed by atoms with Crippen molar-refractivity contribution >= 4 is 0 Å². The number of nitrogens with zero attached hydrogens (tertiary/aromatic N) is 2. The highest BCUT2D eigenvalue weighted by atomic mass is 16.1. The summed E-state index contributed by atoms with van der Waals surface area (Å²) in [4.78, 5) is 22.8. The Bertz CT molecular complexity index is 570. The van der Waals surface area contributed by atoms with Gasteiger partial charge in [-0.2, -0.15) is 0 Å². The highest BCUT2D eigenvalue weighted by Crippen LogP contribution is 2.13. The monoisotopic (exact) mass is 215 g/mol. The standard InChI is InChI=1S/C12H13N3O/c1-7-4-5-10(6-13-7)11-14-9(3)8(2)12(16)15-11/h4-6H,1-3H3,(H,14,15,16). The summed E-state index contributed by atoms with van der Waals surface area (Å²) < 4.78 is 0. The molecule has 0 saturated carbocycles. The first-order valence-corrected chi connectivity index (χ1v) is 5.08. The molecule has 0 radical (unpaired) electrons. The molecule has 0 spiro atoms. The van der Waals surface area contributed by atoms with Crippen LogP contribution in [0.15, 0.2) is 23.1 Å². The summed E-state index contributed by atoms with van der Waals surface area (Å²) in [5.41, 5.74) is 3.08. The molecule has 0 aliphatic rings. The maximum absolute atomic E-state index is 11.6. The van der Waals surface area contributed by atoms with Crippen LogP contribution >= 0.6 is 0 Å². The fourth-order valence-corrected chi connectivity index (χ4v) is 1.39. The van der Waals surface area contributed by atoms with Gasteiger partial charge in [0.2, 0.25) is 0 Å². The van der Waals surface area contributed by atoms with Gasteiger partial charge in [-0.25, -0.2) is 4.98 Å². The van der Waals surface area contributed by atoms with Crippen LogP contribution in [0, 0.1) is 20.8 Å². The molecule has 0 aliphatic heterocycles. The van der Waals surface area contributed by atoms with Crippen LogP contribution in [0.5, 0.6) is 0 Å². The van der Waals surface area contributed by atoms with Crippen molar-refractivity contribution in [3.8, 4) is 11.4 Å². The van der Waals surface area contributed by atoms with Gasteiger partial charge in [-0.1, -0.05) is 0 Å². The van der Waals surface area contributed by atoms with Gasteiger partial charge < -0.3 is 4.98 Å². The van der Waals surface area contributed by atoms with Crippen LogP contribution in [-0.2, 0) is 0 Å². The maximum atomic E-state index is 11.6. The minimum atomic E-state index is -0.0944. The summed E-state index contributed by atoms with van der Waals surface area (Å²) >= 11 is 0. The molecule has 0 aromatic carbocycles. The van der Waals surface area contributed by atoms with Crippen molar-refractivity contribution < 1.29 is 0 Å². The molecule has 0 fully saturated rings. The number of aromatic nitrogens is 3. The lowest BCUT2D eigenvalue weighted by molar-refractivity contribution is 1.03. The Kier molecular flexibility index (Phi) is 2.56. The first-order chi connectivity index (χ1) is 7.58. The van der Waals surface area contributed by atoms with Crippen molar-refractivity contribution in [2.45, 2.75) is 20.8 Å². The van der Waals surface area contributed by atoms with Crippen molar-refractivity contribution in [2.24, 2.45) is 0 Å². The van der Waals surface area contributed by atoms with Crippen LogP contribution in [0.1, 0.15) is 17.0 Å². The van der Waals surface area contributed by atoms with Crippen molar-refractivity contribution in [2.75, 3.05) is 0 Å². The summed E-state index contributed by atoms with van der Waals surface area (Å²) in [7, 11) is 0. The van der Waals surface area contributed by atoms with Crippen molar-refractivity contribution in [3.63, 3.8) is 0 Å². The quantitative estimate of drug-likeness (QED) is 0.788. The van der Waals surface area contributed by atoms with Crippen LogP contribution < -0.4 is 5.56 Å². The molecule has 4 heteroatoms. The first kappa shape index (κ1) is 10.5. The van der Waals surface area contributed by atoms with E-state index in [1.165, 1.54) is 0 Å². The second kappa shape index (κ2) is 3.89. The number of rotatable bonds is 1. The summed E-state index contributed by atoms with van der Waals surface area (Å²) in [5.74, 6) is 0.570. The third kappa shape index (κ3) is 1.86. The molecule has 16 heavy (non-hydrogen) atoms. The lowest BCUT2D eigenvalue weighted by Gasteiger charge is -2.03. The van der Waals surface area contributed by atoms with E-state index in [0.29, 0.717) is 11.4 Å². The van der Waals surface area contributed by atoms with E-state index in [9.17, 15) is 4.79 Å². The summed E-state index contributed by atoms with van der Waals surface area (Å²) in [6.07, 6.45) is 1.71. The van der Waals surface area contributed by atoms with Gasteiger partial charge in [-0.05, 0) is 32.9 Å². The minimum Gasteiger partial charge on any atom is -0.306 e. The Morgan fingerprint density at radius 2 is 1.94 bits per heavy atom. The largest absolute Gasteiger partial charge is 0.306 e. The molecule has 4 nitrogen and oxygen atoms in total. The topological polar surface area (TPSA) is 58.6 Å². The Labute approximate surface area is 93.4 Å².